The zero-order valence-corrected chi connectivity index (χ0v) is 14.1. The first-order valence-corrected chi connectivity index (χ1v) is 7.57. The first kappa shape index (κ1) is 19.6. The molecule has 0 aliphatic carbocycles. The van der Waals surface area contributed by atoms with Crippen molar-refractivity contribution in [1.29, 1.82) is 0 Å². The second-order valence-electron chi connectivity index (χ2n) is 4.80. The lowest BCUT2D eigenvalue weighted by molar-refractivity contribution is -0.123. The van der Waals surface area contributed by atoms with E-state index < -0.39 is 0 Å². The van der Waals surface area contributed by atoms with Crippen molar-refractivity contribution in [2.45, 2.75) is 38.6 Å². The van der Waals surface area contributed by atoms with E-state index in [1.165, 1.54) is 0 Å². The van der Waals surface area contributed by atoms with Crippen LogP contribution in [0.15, 0.2) is 11.6 Å². The van der Waals surface area contributed by atoms with Crippen molar-refractivity contribution in [3.8, 4) is 0 Å². The van der Waals surface area contributed by atoms with Gasteiger partial charge in [-0.1, -0.05) is 6.92 Å². The summed E-state index contributed by atoms with van der Waals surface area (Å²) in [4.78, 5) is 16.3. The average molecular weight is 340 g/mol. The Morgan fingerprint density at radius 1 is 1.50 bits per heavy atom. The number of hydrogen-bond acceptors (Lipinski definition) is 4. The minimum Gasteiger partial charge on any atom is -0.347 e. The molecule has 4 nitrogen and oxygen atoms in total. The maximum Gasteiger partial charge on any atom is 0.220 e. The quantitative estimate of drug-likeness (QED) is 0.867. The van der Waals surface area contributed by atoms with Gasteiger partial charge >= 0.3 is 0 Å². The summed E-state index contributed by atoms with van der Waals surface area (Å²) < 4.78 is 0. The first-order valence-electron chi connectivity index (χ1n) is 6.69. The molecule has 0 bridgehead atoms. The Morgan fingerprint density at radius 3 is 2.75 bits per heavy atom. The van der Waals surface area contributed by atoms with Gasteiger partial charge in [0.1, 0.15) is 5.01 Å². The van der Waals surface area contributed by atoms with Gasteiger partial charge in [0.15, 0.2) is 0 Å². The van der Waals surface area contributed by atoms with Crippen LogP contribution < -0.4 is 10.6 Å². The third-order valence-electron chi connectivity index (χ3n) is 3.43. The number of piperidine rings is 1. The van der Waals surface area contributed by atoms with Crippen LogP contribution in [0.2, 0.25) is 0 Å². The topological polar surface area (TPSA) is 54.0 Å². The van der Waals surface area contributed by atoms with E-state index in [1.807, 2.05) is 5.38 Å². The summed E-state index contributed by atoms with van der Waals surface area (Å²) in [5.41, 5.74) is 0. The van der Waals surface area contributed by atoms with Gasteiger partial charge in [0, 0.05) is 18.0 Å². The molecule has 0 saturated carbocycles. The summed E-state index contributed by atoms with van der Waals surface area (Å²) in [6.45, 7) is 4.17. The van der Waals surface area contributed by atoms with Crippen LogP contribution in [-0.2, 0) is 4.79 Å². The van der Waals surface area contributed by atoms with Crippen LogP contribution >= 0.6 is 36.2 Å². The van der Waals surface area contributed by atoms with Gasteiger partial charge in [-0.2, -0.15) is 0 Å². The third kappa shape index (κ3) is 5.95. The number of rotatable bonds is 5. The van der Waals surface area contributed by atoms with Crippen molar-refractivity contribution in [3.63, 3.8) is 0 Å². The SMILES string of the molecule is CCC(NC(=O)CC1CCNCC1)c1nccs1.Cl.Cl. The number of thiazole rings is 1. The van der Waals surface area contributed by atoms with Gasteiger partial charge in [-0.15, -0.1) is 36.2 Å². The molecule has 1 aliphatic heterocycles. The molecule has 1 aromatic heterocycles. The zero-order chi connectivity index (χ0) is 12.8. The lowest BCUT2D eigenvalue weighted by Crippen LogP contribution is -2.33. The first-order chi connectivity index (χ1) is 8.79. The van der Waals surface area contributed by atoms with E-state index in [4.69, 9.17) is 0 Å². The summed E-state index contributed by atoms with van der Waals surface area (Å²) in [6.07, 6.45) is 5.57. The molecule has 20 heavy (non-hydrogen) atoms. The summed E-state index contributed by atoms with van der Waals surface area (Å²) in [7, 11) is 0. The maximum absolute atomic E-state index is 12.0. The zero-order valence-electron chi connectivity index (χ0n) is 11.6. The number of carbonyl (C=O) groups excluding carboxylic acids is 1. The monoisotopic (exact) mass is 339 g/mol. The van der Waals surface area contributed by atoms with Crippen molar-refractivity contribution in [2.75, 3.05) is 13.1 Å². The number of nitrogens with zero attached hydrogens (tertiary/aromatic N) is 1. The van der Waals surface area contributed by atoms with Crippen LogP contribution in [0.3, 0.4) is 0 Å². The van der Waals surface area contributed by atoms with E-state index in [-0.39, 0.29) is 36.8 Å². The predicted octanol–water partition coefficient (Wildman–Crippen LogP) is 2.94. The molecule has 7 heteroatoms. The highest BCUT2D eigenvalue weighted by atomic mass is 35.5. The number of hydrogen-bond donors (Lipinski definition) is 2. The largest absolute Gasteiger partial charge is 0.347 e. The molecule has 1 amide bonds. The minimum atomic E-state index is 0. The smallest absolute Gasteiger partial charge is 0.220 e. The third-order valence-corrected chi connectivity index (χ3v) is 4.31. The molecule has 0 aromatic carbocycles. The van der Waals surface area contributed by atoms with Crippen LogP contribution in [0, 0.1) is 5.92 Å². The molecule has 1 unspecified atom stereocenters. The summed E-state index contributed by atoms with van der Waals surface area (Å²) in [5, 5.41) is 9.39. The Balaban J connectivity index is 0.00000180. The minimum absolute atomic E-state index is 0. The Labute approximate surface area is 137 Å². The average Bonchev–Trinajstić information content (AvgIpc) is 2.91. The molecule has 1 aromatic rings. The van der Waals surface area contributed by atoms with Crippen molar-refractivity contribution >= 4 is 42.1 Å². The fourth-order valence-electron chi connectivity index (χ4n) is 2.35. The van der Waals surface area contributed by atoms with Crippen molar-refractivity contribution in [1.82, 2.24) is 15.6 Å². The summed E-state index contributed by atoms with van der Waals surface area (Å²) in [5.74, 6) is 0.712. The Kier molecular flexibility index (Phi) is 10.2. The van der Waals surface area contributed by atoms with E-state index >= 15 is 0 Å². The van der Waals surface area contributed by atoms with Crippen molar-refractivity contribution in [2.24, 2.45) is 5.92 Å². The Morgan fingerprint density at radius 2 is 2.20 bits per heavy atom. The summed E-state index contributed by atoms with van der Waals surface area (Å²) in [6, 6.07) is 0.0826. The lowest BCUT2D eigenvalue weighted by atomic mass is 9.94. The fourth-order valence-corrected chi connectivity index (χ4v) is 3.12. The number of aromatic nitrogens is 1. The fraction of sp³-hybridized carbons (Fsp3) is 0.692. The van der Waals surface area contributed by atoms with Gasteiger partial charge in [0.05, 0.1) is 6.04 Å². The molecular weight excluding hydrogens is 317 g/mol. The van der Waals surface area contributed by atoms with Crippen molar-refractivity contribution in [3.05, 3.63) is 16.6 Å². The van der Waals surface area contributed by atoms with E-state index in [1.54, 1.807) is 17.5 Å². The standard InChI is InChI=1S/C13H21N3OS.2ClH/c1-2-11(13-15-7-8-18-13)16-12(17)9-10-3-5-14-6-4-10;;/h7-8,10-11,14H,2-6,9H2,1H3,(H,16,17);2*1H. The molecule has 1 fully saturated rings. The second kappa shape index (κ2) is 10.4. The van der Waals surface area contributed by atoms with Crippen molar-refractivity contribution < 1.29 is 4.79 Å². The van der Waals surface area contributed by atoms with Gasteiger partial charge in [-0.05, 0) is 38.3 Å². The molecule has 1 saturated heterocycles. The van der Waals surface area contributed by atoms with Gasteiger partial charge < -0.3 is 10.6 Å². The van der Waals surface area contributed by atoms with Gasteiger partial charge in [-0.25, -0.2) is 4.98 Å². The maximum atomic E-state index is 12.0. The van der Waals surface area contributed by atoms with Crippen LogP contribution in [0.1, 0.15) is 43.7 Å². The summed E-state index contributed by atoms with van der Waals surface area (Å²) >= 11 is 1.61. The predicted molar refractivity (Wildman–Crippen MR) is 88.0 cm³/mol. The van der Waals surface area contributed by atoms with Gasteiger partial charge in [0.25, 0.3) is 0 Å². The van der Waals surface area contributed by atoms with E-state index in [0.29, 0.717) is 12.3 Å². The van der Waals surface area contributed by atoms with E-state index in [0.717, 1.165) is 37.4 Å². The van der Waals surface area contributed by atoms with Gasteiger partial charge in [0.2, 0.25) is 5.91 Å². The highest BCUT2D eigenvalue weighted by molar-refractivity contribution is 7.09. The van der Waals surface area contributed by atoms with Crippen LogP contribution in [0.5, 0.6) is 0 Å². The molecule has 0 radical (unpaired) electrons. The van der Waals surface area contributed by atoms with Gasteiger partial charge in [-0.3, -0.25) is 4.79 Å². The number of nitrogens with one attached hydrogen (secondary N) is 2. The highest BCUT2D eigenvalue weighted by Crippen LogP contribution is 2.20. The second-order valence-corrected chi connectivity index (χ2v) is 5.72. The lowest BCUT2D eigenvalue weighted by Gasteiger charge is -2.23. The Bertz CT molecular complexity index is 370. The van der Waals surface area contributed by atoms with E-state index in [9.17, 15) is 4.79 Å². The number of carbonyl (C=O) groups is 1. The molecule has 116 valence electrons. The molecule has 2 N–H and O–H groups in total. The number of amides is 1. The molecule has 1 atom stereocenters. The normalized spacial score (nSPS) is 16.6. The van der Waals surface area contributed by atoms with Crippen LogP contribution in [-0.4, -0.2) is 24.0 Å². The van der Waals surface area contributed by atoms with Crippen LogP contribution in [0.25, 0.3) is 0 Å². The number of halogens is 2. The Hall–Kier alpha value is -0.360. The molecule has 1 aliphatic rings. The molecular formula is C13H23Cl2N3OS. The molecule has 2 heterocycles. The highest BCUT2D eigenvalue weighted by Gasteiger charge is 2.20. The van der Waals surface area contributed by atoms with E-state index in [2.05, 4.69) is 22.5 Å². The van der Waals surface area contributed by atoms with Crippen LogP contribution in [0.4, 0.5) is 0 Å². The molecule has 2 rings (SSSR count). The molecule has 0 spiro atoms.